The number of aromatic nitrogens is 1. The van der Waals surface area contributed by atoms with Gasteiger partial charge in [-0.05, 0) is 42.8 Å². The molecule has 0 atom stereocenters. The normalized spacial score (nSPS) is 11.1. The first-order chi connectivity index (χ1) is 10.0. The van der Waals surface area contributed by atoms with Gasteiger partial charge in [0.05, 0.1) is 11.5 Å². The Labute approximate surface area is 132 Å². The van der Waals surface area contributed by atoms with Crippen molar-refractivity contribution < 1.29 is 13.2 Å². The lowest BCUT2D eigenvalue weighted by molar-refractivity contribution is 0.317. The molecule has 0 saturated carbocycles. The van der Waals surface area contributed by atoms with E-state index in [1.807, 2.05) is 6.92 Å². The van der Waals surface area contributed by atoms with Gasteiger partial charge in [0.2, 0.25) is 0 Å². The van der Waals surface area contributed by atoms with E-state index in [2.05, 4.69) is 25.6 Å². The molecule has 0 fully saturated rings. The molecule has 0 spiro atoms. The number of anilines is 1. The molecule has 21 heavy (non-hydrogen) atoms. The highest BCUT2D eigenvalue weighted by molar-refractivity contribution is 9.10. The van der Waals surface area contributed by atoms with Gasteiger partial charge in [-0.3, -0.25) is 4.72 Å². The SMILES string of the molecule is CCCOc1ccc(S(=O)(=O)Nc2cc(Br)ccn2)cc1. The second-order valence-corrected chi connectivity index (χ2v) is 6.88. The van der Waals surface area contributed by atoms with Crippen LogP contribution in [0.1, 0.15) is 13.3 Å². The van der Waals surface area contributed by atoms with Crippen molar-refractivity contribution in [3.8, 4) is 5.75 Å². The minimum atomic E-state index is -3.66. The number of nitrogens with zero attached hydrogens (tertiary/aromatic N) is 1. The van der Waals surface area contributed by atoms with Crippen LogP contribution in [0, 0.1) is 0 Å². The van der Waals surface area contributed by atoms with Crippen molar-refractivity contribution in [1.82, 2.24) is 4.98 Å². The molecule has 0 bridgehead atoms. The minimum Gasteiger partial charge on any atom is -0.494 e. The third-order valence-electron chi connectivity index (χ3n) is 2.57. The van der Waals surface area contributed by atoms with Crippen LogP contribution in [-0.4, -0.2) is 20.0 Å². The fourth-order valence-corrected chi connectivity index (χ4v) is 2.93. The van der Waals surface area contributed by atoms with Crippen LogP contribution in [0.25, 0.3) is 0 Å². The highest BCUT2D eigenvalue weighted by atomic mass is 79.9. The van der Waals surface area contributed by atoms with Crippen LogP contribution < -0.4 is 9.46 Å². The fourth-order valence-electron chi connectivity index (χ4n) is 1.59. The Kier molecular flexibility index (Phi) is 5.19. The smallest absolute Gasteiger partial charge is 0.263 e. The summed E-state index contributed by atoms with van der Waals surface area (Å²) in [4.78, 5) is 4.12. The van der Waals surface area contributed by atoms with Crippen molar-refractivity contribution in [3.63, 3.8) is 0 Å². The maximum absolute atomic E-state index is 12.2. The van der Waals surface area contributed by atoms with E-state index in [1.165, 1.54) is 18.3 Å². The quantitative estimate of drug-likeness (QED) is 0.845. The summed E-state index contributed by atoms with van der Waals surface area (Å²) in [6.07, 6.45) is 2.42. The number of hydrogen-bond acceptors (Lipinski definition) is 4. The number of ether oxygens (including phenoxy) is 1. The lowest BCUT2D eigenvalue weighted by Crippen LogP contribution is -2.13. The Morgan fingerprint density at radius 1 is 1.24 bits per heavy atom. The van der Waals surface area contributed by atoms with Crippen molar-refractivity contribution in [3.05, 3.63) is 47.1 Å². The third-order valence-corrected chi connectivity index (χ3v) is 4.43. The maximum Gasteiger partial charge on any atom is 0.263 e. The molecule has 5 nitrogen and oxygen atoms in total. The summed E-state index contributed by atoms with van der Waals surface area (Å²) in [7, 11) is -3.66. The number of benzene rings is 1. The third kappa shape index (κ3) is 4.44. The highest BCUT2D eigenvalue weighted by Crippen LogP contribution is 2.20. The molecule has 112 valence electrons. The van der Waals surface area contributed by atoms with Gasteiger partial charge in [-0.25, -0.2) is 13.4 Å². The first kappa shape index (κ1) is 15.8. The number of rotatable bonds is 6. The van der Waals surface area contributed by atoms with Gasteiger partial charge < -0.3 is 4.74 Å². The average molecular weight is 371 g/mol. The van der Waals surface area contributed by atoms with E-state index in [0.29, 0.717) is 12.4 Å². The Morgan fingerprint density at radius 3 is 2.57 bits per heavy atom. The maximum atomic E-state index is 12.2. The van der Waals surface area contributed by atoms with E-state index < -0.39 is 10.0 Å². The van der Waals surface area contributed by atoms with Crippen molar-refractivity contribution in [2.24, 2.45) is 0 Å². The van der Waals surface area contributed by atoms with Crippen molar-refractivity contribution in [1.29, 1.82) is 0 Å². The molecular formula is C14H15BrN2O3S. The summed E-state index contributed by atoms with van der Waals surface area (Å²) in [6.45, 7) is 2.61. The summed E-state index contributed by atoms with van der Waals surface area (Å²) < 4.78 is 33.1. The topological polar surface area (TPSA) is 68.3 Å². The van der Waals surface area contributed by atoms with Crippen LogP contribution in [0.15, 0.2) is 52.0 Å². The van der Waals surface area contributed by atoms with Gasteiger partial charge in [0.25, 0.3) is 10.0 Å². The Balaban J connectivity index is 2.15. The monoisotopic (exact) mass is 370 g/mol. The van der Waals surface area contributed by atoms with Crippen LogP contribution in [0.3, 0.4) is 0 Å². The van der Waals surface area contributed by atoms with Gasteiger partial charge in [0.15, 0.2) is 0 Å². The molecule has 7 heteroatoms. The summed E-state index contributed by atoms with van der Waals surface area (Å²) in [5.41, 5.74) is 0. The van der Waals surface area contributed by atoms with Gasteiger partial charge in [-0.2, -0.15) is 0 Å². The predicted molar refractivity (Wildman–Crippen MR) is 85.0 cm³/mol. The Bertz CT molecular complexity index is 702. The highest BCUT2D eigenvalue weighted by Gasteiger charge is 2.14. The fraction of sp³-hybridized carbons (Fsp3) is 0.214. The van der Waals surface area contributed by atoms with E-state index in [-0.39, 0.29) is 10.7 Å². The van der Waals surface area contributed by atoms with Gasteiger partial charge in [0, 0.05) is 10.7 Å². The molecule has 1 N–H and O–H groups in total. The molecular weight excluding hydrogens is 356 g/mol. The first-order valence-corrected chi connectivity index (χ1v) is 8.66. The lowest BCUT2D eigenvalue weighted by Gasteiger charge is -2.09. The molecule has 1 aromatic heterocycles. The van der Waals surface area contributed by atoms with Crippen LogP contribution in [0.2, 0.25) is 0 Å². The van der Waals surface area contributed by atoms with E-state index in [9.17, 15) is 8.42 Å². The van der Waals surface area contributed by atoms with Crippen molar-refractivity contribution >= 4 is 31.8 Å². The molecule has 0 aliphatic rings. The summed E-state index contributed by atoms with van der Waals surface area (Å²) in [5, 5.41) is 0. The molecule has 0 aliphatic carbocycles. The molecule has 2 aromatic rings. The van der Waals surface area contributed by atoms with Crippen LogP contribution in [0.5, 0.6) is 5.75 Å². The molecule has 0 amide bonds. The van der Waals surface area contributed by atoms with Crippen LogP contribution in [-0.2, 0) is 10.0 Å². The molecule has 0 saturated heterocycles. The minimum absolute atomic E-state index is 0.160. The number of hydrogen-bond donors (Lipinski definition) is 1. The zero-order valence-electron chi connectivity index (χ0n) is 11.4. The number of pyridine rings is 1. The zero-order valence-corrected chi connectivity index (χ0v) is 13.8. The standard InChI is InChI=1S/C14H15BrN2O3S/c1-2-9-20-12-3-5-13(6-4-12)21(18,19)17-14-10-11(15)7-8-16-14/h3-8,10H,2,9H2,1H3,(H,16,17). The molecule has 2 rings (SSSR count). The Morgan fingerprint density at radius 2 is 1.95 bits per heavy atom. The van der Waals surface area contributed by atoms with Gasteiger partial charge in [-0.15, -0.1) is 0 Å². The van der Waals surface area contributed by atoms with E-state index in [4.69, 9.17) is 4.74 Å². The lowest BCUT2D eigenvalue weighted by atomic mass is 10.3. The van der Waals surface area contributed by atoms with Crippen molar-refractivity contribution in [2.75, 3.05) is 11.3 Å². The second-order valence-electron chi connectivity index (χ2n) is 4.28. The van der Waals surface area contributed by atoms with Gasteiger partial charge in [0.1, 0.15) is 11.6 Å². The Hall–Kier alpha value is -1.60. The average Bonchev–Trinajstić information content (AvgIpc) is 2.45. The van der Waals surface area contributed by atoms with E-state index >= 15 is 0 Å². The first-order valence-electron chi connectivity index (χ1n) is 6.38. The largest absolute Gasteiger partial charge is 0.494 e. The zero-order chi connectivity index (χ0) is 15.3. The van der Waals surface area contributed by atoms with Gasteiger partial charge in [-0.1, -0.05) is 22.9 Å². The molecule has 0 aliphatic heterocycles. The van der Waals surface area contributed by atoms with Gasteiger partial charge >= 0.3 is 0 Å². The molecule has 1 aromatic carbocycles. The number of halogens is 1. The van der Waals surface area contributed by atoms with E-state index in [1.54, 1.807) is 24.3 Å². The predicted octanol–water partition coefficient (Wildman–Crippen LogP) is 3.43. The molecule has 0 unspecified atom stereocenters. The molecule has 1 heterocycles. The number of sulfonamides is 1. The summed E-state index contributed by atoms with van der Waals surface area (Å²) in [5.74, 6) is 0.909. The van der Waals surface area contributed by atoms with Crippen LogP contribution >= 0.6 is 15.9 Å². The van der Waals surface area contributed by atoms with Crippen molar-refractivity contribution in [2.45, 2.75) is 18.2 Å². The number of nitrogens with one attached hydrogen (secondary N) is 1. The van der Waals surface area contributed by atoms with E-state index in [0.717, 1.165) is 10.9 Å². The molecule has 0 radical (unpaired) electrons. The van der Waals surface area contributed by atoms with Crippen LogP contribution in [0.4, 0.5) is 5.82 Å². The summed E-state index contributed by atoms with van der Waals surface area (Å²) >= 11 is 3.27. The summed E-state index contributed by atoms with van der Waals surface area (Å²) in [6, 6.07) is 9.60. The second kappa shape index (κ2) is 6.91.